The van der Waals surface area contributed by atoms with Gasteiger partial charge in [0.25, 0.3) is 0 Å². The van der Waals surface area contributed by atoms with Gasteiger partial charge < -0.3 is 15.5 Å². The average molecular weight is 441 g/mol. The minimum Gasteiger partial charge on any atom is -0.347 e. The van der Waals surface area contributed by atoms with E-state index in [2.05, 4.69) is 39.6 Å². The van der Waals surface area contributed by atoms with E-state index in [0.29, 0.717) is 0 Å². The Morgan fingerprint density at radius 3 is 2.26 bits per heavy atom. The van der Waals surface area contributed by atoms with Gasteiger partial charge in [0, 0.05) is 50.2 Å². The fraction of sp³-hybridized carbons (Fsp3) is 0.417. The number of carbonyl (C=O) groups is 2. The molecule has 31 heavy (non-hydrogen) atoms. The van der Waals surface area contributed by atoms with E-state index < -0.39 is 0 Å². The maximum Gasteiger partial charge on any atom is 0.233 e. The Morgan fingerprint density at radius 2 is 1.65 bits per heavy atom. The summed E-state index contributed by atoms with van der Waals surface area (Å²) in [5.41, 5.74) is 1.89. The van der Waals surface area contributed by atoms with Crippen LogP contribution >= 0.6 is 11.8 Å². The van der Waals surface area contributed by atoms with Crippen molar-refractivity contribution in [2.45, 2.75) is 30.0 Å². The predicted molar refractivity (Wildman–Crippen MR) is 127 cm³/mol. The number of nitrogens with zero attached hydrogens (tertiary/aromatic N) is 2. The summed E-state index contributed by atoms with van der Waals surface area (Å²) < 4.78 is 0. The Kier molecular flexibility index (Phi) is 8.51. The molecule has 0 aromatic heterocycles. The Hall–Kier alpha value is -2.35. The van der Waals surface area contributed by atoms with E-state index in [1.807, 2.05) is 49.4 Å². The summed E-state index contributed by atoms with van der Waals surface area (Å²) in [5.74, 6) is -0.0700. The summed E-state index contributed by atoms with van der Waals surface area (Å²) in [6.45, 7) is 8.36. The highest BCUT2D eigenvalue weighted by atomic mass is 32.2. The molecule has 1 aliphatic heterocycles. The molecule has 3 rings (SSSR count). The second kappa shape index (κ2) is 11.3. The lowest BCUT2D eigenvalue weighted by atomic mass is 10.1. The van der Waals surface area contributed by atoms with Gasteiger partial charge in [-0.3, -0.25) is 14.5 Å². The topological polar surface area (TPSA) is 64.7 Å². The van der Waals surface area contributed by atoms with Gasteiger partial charge in [-0.2, -0.15) is 0 Å². The molecule has 0 radical (unpaired) electrons. The van der Waals surface area contributed by atoms with Crippen LogP contribution in [0.3, 0.4) is 0 Å². The molecule has 1 fully saturated rings. The normalized spacial score (nSPS) is 17.0. The minimum absolute atomic E-state index is 0.0268. The summed E-state index contributed by atoms with van der Waals surface area (Å²) >= 11 is 1.52. The maximum atomic E-state index is 13.0. The number of hydrogen-bond acceptors (Lipinski definition) is 5. The molecule has 2 unspecified atom stereocenters. The molecule has 1 saturated heterocycles. The molecule has 2 atom stereocenters. The Labute approximate surface area is 189 Å². The SMILES string of the molecule is CC(=O)Nc1ccc(SC(C)C(=O)NC(CN2CCN(C)CC2)c2ccccc2)cc1. The maximum absolute atomic E-state index is 13.0. The van der Waals surface area contributed by atoms with E-state index in [1.165, 1.54) is 18.7 Å². The molecule has 1 heterocycles. The van der Waals surface area contributed by atoms with Gasteiger partial charge in [-0.1, -0.05) is 30.3 Å². The summed E-state index contributed by atoms with van der Waals surface area (Å²) in [6.07, 6.45) is 0. The van der Waals surface area contributed by atoms with Gasteiger partial charge in [-0.05, 0) is 43.8 Å². The summed E-state index contributed by atoms with van der Waals surface area (Å²) in [7, 11) is 2.15. The summed E-state index contributed by atoms with van der Waals surface area (Å²) in [5, 5.41) is 5.80. The third-order valence-corrected chi connectivity index (χ3v) is 6.52. The lowest BCUT2D eigenvalue weighted by Crippen LogP contribution is -2.48. The van der Waals surface area contributed by atoms with Crippen molar-refractivity contribution < 1.29 is 9.59 Å². The third-order valence-electron chi connectivity index (χ3n) is 5.41. The highest BCUT2D eigenvalue weighted by Gasteiger charge is 2.23. The number of likely N-dealkylation sites (N-methyl/N-ethyl adjacent to an activating group) is 1. The molecule has 1 aliphatic rings. The third kappa shape index (κ3) is 7.38. The first kappa shape index (κ1) is 23.3. The van der Waals surface area contributed by atoms with Crippen LogP contribution < -0.4 is 10.6 Å². The fourth-order valence-corrected chi connectivity index (χ4v) is 4.45. The predicted octanol–water partition coefficient (Wildman–Crippen LogP) is 3.23. The first-order valence-corrected chi connectivity index (χ1v) is 11.6. The number of benzene rings is 2. The summed E-state index contributed by atoms with van der Waals surface area (Å²) in [6, 6.07) is 17.7. The van der Waals surface area contributed by atoms with Gasteiger partial charge in [0.05, 0.1) is 11.3 Å². The van der Waals surface area contributed by atoms with Gasteiger partial charge in [0.1, 0.15) is 0 Å². The second-order valence-corrected chi connectivity index (χ2v) is 9.46. The van der Waals surface area contributed by atoms with Crippen LogP contribution in [0.25, 0.3) is 0 Å². The molecular weight excluding hydrogens is 408 g/mol. The van der Waals surface area contributed by atoms with Crippen molar-refractivity contribution in [1.29, 1.82) is 0 Å². The fourth-order valence-electron chi connectivity index (χ4n) is 3.58. The van der Waals surface area contributed by atoms with Crippen molar-refractivity contribution in [1.82, 2.24) is 15.1 Å². The van der Waals surface area contributed by atoms with Gasteiger partial charge in [-0.15, -0.1) is 11.8 Å². The lowest BCUT2D eigenvalue weighted by Gasteiger charge is -2.35. The van der Waals surface area contributed by atoms with E-state index in [9.17, 15) is 9.59 Å². The van der Waals surface area contributed by atoms with Crippen LogP contribution in [0.1, 0.15) is 25.5 Å². The molecule has 2 N–H and O–H groups in total. The van der Waals surface area contributed by atoms with Crippen LogP contribution in [-0.2, 0) is 9.59 Å². The van der Waals surface area contributed by atoms with Crippen molar-refractivity contribution in [3.8, 4) is 0 Å². The molecule has 6 nitrogen and oxygen atoms in total. The highest BCUT2D eigenvalue weighted by Crippen LogP contribution is 2.26. The Bertz CT molecular complexity index is 852. The minimum atomic E-state index is -0.231. The van der Waals surface area contributed by atoms with Crippen molar-refractivity contribution >= 4 is 29.3 Å². The molecule has 0 aliphatic carbocycles. The van der Waals surface area contributed by atoms with Gasteiger partial charge >= 0.3 is 0 Å². The molecule has 7 heteroatoms. The zero-order chi connectivity index (χ0) is 22.2. The molecular formula is C24H32N4O2S. The van der Waals surface area contributed by atoms with Gasteiger partial charge in [0.2, 0.25) is 11.8 Å². The highest BCUT2D eigenvalue weighted by molar-refractivity contribution is 8.00. The number of hydrogen-bond donors (Lipinski definition) is 2. The Balaban J connectivity index is 1.61. The van der Waals surface area contributed by atoms with E-state index in [4.69, 9.17) is 0 Å². The smallest absolute Gasteiger partial charge is 0.233 e. The first-order chi connectivity index (χ1) is 14.9. The average Bonchev–Trinajstić information content (AvgIpc) is 2.76. The van der Waals surface area contributed by atoms with Crippen molar-refractivity contribution in [2.24, 2.45) is 0 Å². The first-order valence-electron chi connectivity index (χ1n) is 10.7. The van der Waals surface area contributed by atoms with Gasteiger partial charge in [-0.25, -0.2) is 0 Å². The van der Waals surface area contributed by atoms with E-state index in [-0.39, 0.29) is 23.1 Å². The van der Waals surface area contributed by atoms with Crippen LogP contribution in [0.2, 0.25) is 0 Å². The molecule has 166 valence electrons. The van der Waals surface area contributed by atoms with Crippen molar-refractivity contribution in [2.75, 3.05) is 45.1 Å². The van der Waals surface area contributed by atoms with E-state index >= 15 is 0 Å². The largest absolute Gasteiger partial charge is 0.347 e. The van der Waals surface area contributed by atoms with Crippen LogP contribution in [0.15, 0.2) is 59.5 Å². The van der Waals surface area contributed by atoms with Crippen LogP contribution in [-0.4, -0.2) is 66.6 Å². The zero-order valence-corrected chi connectivity index (χ0v) is 19.3. The zero-order valence-electron chi connectivity index (χ0n) is 18.5. The second-order valence-electron chi connectivity index (χ2n) is 8.04. The quantitative estimate of drug-likeness (QED) is 0.617. The molecule has 2 aromatic rings. The number of thioether (sulfide) groups is 1. The number of anilines is 1. The number of piperazine rings is 1. The molecule has 0 spiro atoms. The van der Waals surface area contributed by atoms with E-state index in [1.54, 1.807) is 0 Å². The van der Waals surface area contributed by atoms with E-state index in [0.717, 1.165) is 48.9 Å². The molecule has 0 saturated carbocycles. The lowest BCUT2D eigenvalue weighted by molar-refractivity contribution is -0.121. The monoisotopic (exact) mass is 440 g/mol. The molecule has 2 aromatic carbocycles. The molecule has 2 amide bonds. The van der Waals surface area contributed by atoms with Crippen LogP contribution in [0.5, 0.6) is 0 Å². The Morgan fingerprint density at radius 1 is 1.00 bits per heavy atom. The van der Waals surface area contributed by atoms with Crippen molar-refractivity contribution in [3.63, 3.8) is 0 Å². The van der Waals surface area contributed by atoms with Crippen LogP contribution in [0, 0.1) is 0 Å². The standard InChI is InChI=1S/C24H32N4O2S/c1-18(31-22-11-9-21(10-12-22)25-19(2)29)24(30)26-23(20-7-5-4-6-8-20)17-28-15-13-27(3)14-16-28/h4-12,18,23H,13-17H2,1-3H3,(H,25,29)(H,26,30). The number of rotatable bonds is 8. The summed E-state index contributed by atoms with van der Waals surface area (Å²) in [4.78, 5) is 29.9. The molecule has 0 bridgehead atoms. The number of carbonyl (C=O) groups excluding carboxylic acids is 2. The number of nitrogens with one attached hydrogen (secondary N) is 2. The number of amides is 2. The van der Waals surface area contributed by atoms with Crippen molar-refractivity contribution in [3.05, 3.63) is 60.2 Å². The van der Waals surface area contributed by atoms with Gasteiger partial charge in [0.15, 0.2) is 0 Å². The van der Waals surface area contributed by atoms with Crippen LogP contribution in [0.4, 0.5) is 5.69 Å².